The highest BCUT2D eigenvalue weighted by Gasteiger charge is 2.36. The number of hydrogen-bond donors (Lipinski definition) is 1. The molecule has 3 rings (SSSR count). The smallest absolute Gasteiger partial charge is 0.251 e. The molecule has 1 unspecified atom stereocenters. The molecule has 1 amide bonds. The van der Waals surface area contributed by atoms with Crippen molar-refractivity contribution >= 4 is 15.9 Å². The van der Waals surface area contributed by atoms with Crippen molar-refractivity contribution < 1.29 is 13.2 Å². The molecule has 2 atom stereocenters. The summed E-state index contributed by atoms with van der Waals surface area (Å²) in [6, 6.07) is 7.13. The molecule has 1 aliphatic rings. The molecule has 146 valence electrons. The SMILES string of the molecule is CC1CC[C@H](C)N(Cc2ccc(C(=O)NCCn3ccnc3)cc2)S1(=O)=O. The lowest BCUT2D eigenvalue weighted by Crippen LogP contribution is -2.47. The van der Waals surface area contributed by atoms with Crippen molar-refractivity contribution in [2.75, 3.05) is 6.54 Å². The highest BCUT2D eigenvalue weighted by atomic mass is 32.2. The van der Waals surface area contributed by atoms with Gasteiger partial charge in [0.25, 0.3) is 5.91 Å². The van der Waals surface area contributed by atoms with E-state index in [-0.39, 0.29) is 17.2 Å². The topological polar surface area (TPSA) is 84.3 Å². The van der Waals surface area contributed by atoms with E-state index in [1.54, 1.807) is 35.9 Å². The normalized spacial score (nSPS) is 22.4. The van der Waals surface area contributed by atoms with E-state index in [1.165, 1.54) is 0 Å². The molecule has 1 aromatic carbocycles. The summed E-state index contributed by atoms with van der Waals surface area (Å²) in [5.41, 5.74) is 1.45. The van der Waals surface area contributed by atoms with Gasteiger partial charge < -0.3 is 9.88 Å². The summed E-state index contributed by atoms with van der Waals surface area (Å²) in [5.74, 6) is -0.144. The zero-order valence-electron chi connectivity index (χ0n) is 15.7. The minimum atomic E-state index is -3.26. The van der Waals surface area contributed by atoms with Crippen LogP contribution in [0.2, 0.25) is 0 Å². The molecule has 2 aromatic rings. The van der Waals surface area contributed by atoms with Gasteiger partial charge in [-0.25, -0.2) is 13.4 Å². The van der Waals surface area contributed by atoms with Crippen molar-refractivity contribution in [3.63, 3.8) is 0 Å². The monoisotopic (exact) mass is 390 g/mol. The zero-order chi connectivity index (χ0) is 19.4. The number of nitrogens with one attached hydrogen (secondary N) is 1. The third kappa shape index (κ3) is 4.56. The minimum absolute atomic E-state index is 0.00245. The number of aromatic nitrogens is 2. The van der Waals surface area contributed by atoms with Gasteiger partial charge >= 0.3 is 0 Å². The van der Waals surface area contributed by atoms with E-state index in [0.717, 1.165) is 12.0 Å². The summed E-state index contributed by atoms with van der Waals surface area (Å²) in [6.45, 7) is 5.23. The van der Waals surface area contributed by atoms with Gasteiger partial charge in [-0.3, -0.25) is 4.79 Å². The third-order valence-corrected chi connectivity index (χ3v) is 7.48. The summed E-state index contributed by atoms with van der Waals surface area (Å²) in [4.78, 5) is 16.2. The minimum Gasteiger partial charge on any atom is -0.350 e. The molecule has 0 bridgehead atoms. The van der Waals surface area contributed by atoms with Gasteiger partial charge in [-0.2, -0.15) is 4.31 Å². The molecule has 1 aromatic heterocycles. The Hall–Kier alpha value is -2.19. The molecule has 1 N–H and O–H groups in total. The van der Waals surface area contributed by atoms with E-state index in [0.29, 0.717) is 31.6 Å². The Labute approximate surface area is 160 Å². The maximum absolute atomic E-state index is 12.6. The van der Waals surface area contributed by atoms with Crippen LogP contribution in [0.5, 0.6) is 0 Å². The zero-order valence-corrected chi connectivity index (χ0v) is 16.5. The van der Waals surface area contributed by atoms with Gasteiger partial charge in [0.1, 0.15) is 0 Å². The standard InChI is InChI=1S/C19H26N4O3S/c1-15-3-4-16(2)27(25,26)23(15)13-17-5-7-18(8-6-17)19(24)21-10-12-22-11-9-20-14-22/h5-9,11,14-16H,3-4,10,12-13H2,1-2H3,(H,21,24)/t15-,16?/m0/s1. The number of hydrogen-bond acceptors (Lipinski definition) is 4. The summed E-state index contributed by atoms with van der Waals surface area (Å²) >= 11 is 0. The van der Waals surface area contributed by atoms with Gasteiger partial charge in [0.15, 0.2) is 0 Å². The summed E-state index contributed by atoms with van der Waals surface area (Å²) in [5, 5.41) is 2.53. The van der Waals surface area contributed by atoms with E-state index in [9.17, 15) is 13.2 Å². The molecule has 1 saturated heterocycles. The van der Waals surface area contributed by atoms with E-state index in [2.05, 4.69) is 10.3 Å². The van der Waals surface area contributed by atoms with Gasteiger partial charge in [-0.15, -0.1) is 0 Å². The van der Waals surface area contributed by atoms with Crippen molar-refractivity contribution in [3.8, 4) is 0 Å². The lowest BCUT2D eigenvalue weighted by Gasteiger charge is -2.36. The van der Waals surface area contributed by atoms with Crippen LogP contribution >= 0.6 is 0 Å². The molecule has 7 nitrogen and oxygen atoms in total. The largest absolute Gasteiger partial charge is 0.350 e. The van der Waals surface area contributed by atoms with Crippen LogP contribution in [0.1, 0.15) is 42.6 Å². The first kappa shape index (κ1) is 19.6. The molecule has 8 heteroatoms. The van der Waals surface area contributed by atoms with Crippen LogP contribution in [0.4, 0.5) is 0 Å². The number of amides is 1. The average Bonchev–Trinajstić information content (AvgIpc) is 3.16. The lowest BCUT2D eigenvalue weighted by molar-refractivity contribution is 0.0952. The van der Waals surface area contributed by atoms with Crippen molar-refractivity contribution in [1.29, 1.82) is 0 Å². The number of sulfonamides is 1. The first-order valence-corrected chi connectivity index (χ1v) is 10.7. The molecule has 0 spiro atoms. The predicted molar refractivity (Wildman–Crippen MR) is 104 cm³/mol. The Morgan fingerprint density at radius 3 is 2.63 bits per heavy atom. The predicted octanol–water partition coefficient (Wildman–Crippen LogP) is 2.02. The van der Waals surface area contributed by atoms with Crippen molar-refractivity contribution in [2.24, 2.45) is 0 Å². The number of benzene rings is 1. The maximum Gasteiger partial charge on any atom is 0.251 e. The first-order chi connectivity index (χ1) is 12.9. The van der Waals surface area contributed by atoms with Crippen molar-refractivity contribution in [2.45, 2.75) is 51.1 Å². The molecular weight excluding hydrogens is 364 g/mol. The van der Waals surface area contributed by atoms with Crippen LogP contribution in [-0.4, -0.2) is 46.0 Å². The van der Waals surface area contributed by atoms with Crippen molar-refractivity contribution in [3.05, 3.63) is 54.1 Å². The van der Waals surface area contributed by atoms with E-state index >= 15 is 0 Å². The number of rotatable bonds is 6. The molecule has 0 radical (unpaired) electrons. The molecule has 2 heterocycles. The third-order valence-electron chi connectivity index (χ3n) is 5.09. The highest BCUT2D eigenvalue weighted by molar-refractivity contribution is 7.89. The van der Waals surface area contributed by atoms with Crippen LogP contribution in [0.15, 0.2) is 43.0 Å². The van der Waals surface area contributed by atoms with Gasteiger partial charge in [0, 0.05) is 43.6 Å². The summed E-state index contributed by atoms with van der Waals surface area (Å²) < 4.78 is 28.6. The molecule has 1 aliphatic heterocycles. The molecule has 1 fully saturated rings. The highest BCUT2D eigenvalue weighted by Crippen LogP contribution is 2.27. The van der Waals surface area contributed by atoms with Crippen LogP contribution in [0.25, 0.3) is 0 Å². The van der Waals surface area contributed by atoms with Gasteiger partial charge in [-0.05, 0) is 44.4 Å². The van der Waals surface area contributed by atoms with E-state index in [4.69, 9.17) is 0 Å². The molecular formula is C19H26N4O3S. The van der Waals surface area contributed by atoms with Gasteiger partial charge in [0.2, 0.25) is 10.0 Å². The van der Waals surface area contributed by atoms with Crippen LogP contribution in [0.3, 0.4) is 0 Å². The summed E-state index contributed by atoms with van der Waals surface area (Å²) in [6.07, 6.45) is 6.83. The number of nitrogens with zero attached hydrogens (tertiary/aromatic N) is 3. The first-order valence-electron chi connectivity index (χ1n) is 9.21. The second-order valence-electron chi connectivity index (χ2n) is 7.08. The Balaban J connectivity index is 1.58. The van der Waals surface area contributed by atoms with E-state index in [1.807, 2.05) is 29.8 Å². The van der Waals surface area contributed by atoms with Crippen LogP contribution in [-0.2, 0) is 23.1 Å². The second-order valence-corrected chi connectivity index (χ2v) is 9.38. The lowest BCUT2D eigenvalue weighted by atomic mass is 10.1. The fourth-order valence-electron chi connectivity index (χ4n) is 3.26. The molecule has 0 aliphatic carbocycles. The number of carbonyl (C=O) groups is 1. The molecule has 27 heavy (non-hydrogen) atoms. The Morgan fingerprint density at radius 2 is 1.96 bits per heavy atom. The number of imidazole rings is 1. The van der Waals surface area contributed by atoms with Gasteiger partial charge in [0.05, 0.1) is 11.6 Å². The fraction of sp³-hybridized carbons (Fsp3) is 0.474. The average molecular weight is 391 g/mol. The Bertz CT molecular complexity index is 863. The number of carbonyl (C=O) groups excluding carboxylic acids is 1. The quantitative estimate of drug-likeness (QED) is 0.818. The van der Waals surface area contributed by atoms with E-state index < -0.39 is 10.0 Å². The van der Waals surface area contributed by atoms with Crippen molar-refractivity contribution in [1.82, 2.24) is 19.2 Å². The summed E-state index contributed by atoms with van der Waals surface area (Å²) in [7, 11) is -3.26. The maximum atomic E-state index is 12.6. The Kier molecular flexibility index (Phi) is 5.96. The Morgan fingerprint density at radius 1 is 1.22 bits per heavy atom. The fourth-order valence-corrected chi connectivity index (χ4v) is 5.09. The van der Waals surface area contributed by atoms with Gasteiger partial charge in [-0.1, -0.05) is 12.1 Å². The van der Waals surface area contributed by atoms with Crippen LogP contribution in [0, 0.1) is 0 Å². The van der Waals surface area contributed by atoms with Crippen LogP contribution < -0.4 is 5.32 Å². The molecule has 0 saturated carbocycles. The second kappa shape index (κ2) is 8.22.